The average Bonchev–Trinajstić information content (AvgIpc) is 2.95. The third-order valence-corrected chi connectivity index (χ3v) is 3.90. The number of carboxylic acids is 1. The third kappa shape index (κ3) is 3.58. The highest BCUT2D eigenvalue weighted by atomic mass is 16.5. The summed E-state index contributed by atoms with van der Waals surface area (Å²) >= 11 is 0. The molecule has 24 heavy (non-hydrogen) atoms. The van der Waals surface area contributed by atoms with Crippen LogP contribution in [0.3, 0.4) is 0 Å². The summed E-state index contributed by atoms with van der Waals surface area (Å²) in [6.45, 7) is 1.54. The summed E-state index contributed by atoms with van der Waals surface area (Å²) in [6.07, 6.45) is 0.0212. The Morgan fingerprint density at radius 1 is 1.33 bits per heavy atom. The number of hydrogen-bond donors (Lipinski definition) is 2. The molecule has 0 aromatic heterocycles. The molecule has 0 saturated carbocycles. The maximum Gasteiger partial charge on any atom is 0.325 e. The predicted molar refractivity (Wildman–Crippen MR) is 85.2 cm³/mol. The number of nitrogens with zero attached hydrogens (tertiary/aromatic N) is 1. The summed E-state index contributed by atoms with van der Waals surface area (Å²) in [4.78, 5) is 36.7. The largest absolute Gasteiger partial charge is 0.497 e. The fraction of sp³-hybridized carbons (Fsp3) is 0.438. The number of carbonyl (C=O) groups excluding carboxylic acids is 2. The minimum absolute atomic E-state index is 0.0212. The lowest BCUT2D eigenvalue weighted by Gasteiger charge is -2.20. The van der Waals surface area contributed by atoms with E-state index in [0.29, 0.717) is 17.2 Å². The molecule has 1 heterocycles. The van der Waals surface area contributed by atoms with E-state index >= 15 is 0 Å². The molecule has 1 aromatic rings. The maximum absolute atomic E-state index is 12.3. The number of aliphatic carboxylic acids is 1. The van der Waals surface area contributed by atoms with Gasteiger partial charge < -0.3 is 24.8 Å². The zero-order valence-electron chi connectivity index (χ0n) is 13.7. The van der Waals surface area contributed by atoms with Gasteiger partial charge in [0.1, 0.15) is 17.5 Å². The molecule has 1 aromatic carbocycles. The van der Waals surface area contributed by atoms with Gasteiger partial charge in [-0.2, -0.15) is 0 Å². The van der Waals surface area contributed by atoms with Gasteiger partial charge >= 0.3 is 5.97 Å². The van der Waals surface area contributed by atoms with Crippen LogP contribution < -0.4 is 19.7 Å². The molecule has 1 aliphatic heterocycles. The first-order chi connectivity index (χ1) is 11.4. The lowest BCUT2D eigenvalue weighted by molar-refractivity contribution is -0.141. The summed E-state index contributed by atoms with van der Waals surface area (Å²) < 4.78 is 10.4. The number of carboxylic acid groups (broad SMARTS) is 1. The van der Waals surface area contributed by atoms with Gasteiger partial charge in [0.05, 0.1) is 25.8 Å². The van der Waals surface area contributed by atoms with Gasteiger partial charge in [-0.1, -0.05) is 0 Å². The number of hydrogen-bond acceptors (Lipinski definition) is 5. The standard InChI is InChI=1S/C16H20N2O6/c1-9(16(21)22)17-15(20)10-6-14(19)18(8-10)12-5-4-11(23-2)7-13(12)24-3/h4-5,7,9-10H,6,8H2,1-3H3,(H,17,20)(H,21,22)/t9-,10-/m0/s1. The van der Waals surface area contributed by atoms with Crippen LogP contribution in [0.5, 0.6) is 11.5 Å². The van der Waals surface area contributed by atoms with Crippen molar-refractivity contribution in [3.05, 3.63) is 18.2 Å². The molecule has 2 rings (SSSR count). The monoisotopic (exact) mass is 336 g/mol. The number of carbonyl (C=O) groups is 3. The van der Waals surface area contributed by atoms with E-state index in [2.05, 4.69) is 5.32 Å². The molecule has 8 heteroatoms. The molecule has 1 fully saturated rings. The summed E-state index contributed by atoms with van der Waals surface area (Å²) in [5, 5.41) is 11.2. The Bertz CT molecular complexity index is 660. The first kappa shape index (κ1) is 17.6. The van der Waals surface area contributed by atoms with Crippen molar-refractivity contribution in [2.24, 2.45) is 5.92 Å². The zero-order valence-corrected chi connectivity index (χ0v) is 13.7. The molecular formula is C16H20N2O6. The molecule has 0 bridgehead atoms. The van der Waals surface area contributed by atoms with Crippen molar-refractivity contribution < 1.29 is 29.0 Å². The predicted octanol–water partition coefficient (Wildman–Crippen LogP) is 0.646. The minimum Gasteiger partial charge on any atom is -0.497 e. The van der Waals surface area contributed by atoms with Crippen LogP contribution in [0.15, 0.2) is 18.2 Å². The van der Waals surface area contributed by atoms with E-state index in [1.165, 1.54) is 26.0 Å². The Hall–Kier alpha value is -2.77. The summed E-state index contributed by atoms with van der Waals surface area (Å²) in [5.41, 5.74) is 0.546. The van der Waals surface area contributed by atoms with Crippen LogP contribution in [0.2, 0.25) is 0 Å². The molecule has 2 atom stereocenters. The molecule has 0 aliphatic carbocycles. The molecule has 0 spiro atoms. The molecule has 130 valence electrons. The van der Waals surface area contributed by atoms with E-state index in [1.807, 2.05) is 0 Å². The second-order valence-electron chi connectivity index (χ2n) is 5.51. The summed E-state index contributed by atoms with van der Waals surface area (Å²) in [5.74, 6) is -1.35. The Kier molecular flexibility index (Phi) is 5.28. The van der Waals surface area contributed by atoms with Crippen LogP contribution in [0.1, 0.15) is 13.3 Å². The highest BCUT2D eigenvalue weighted by Gasteiger charge is 2.37. The molecule has 0 radical (unpaired) electrons. The van der Waals surface area contributed by atoms with Crippen molar-refractivity contribution in [3.63, 3.8) is 0 Å². The van der Waals surface area contributed by atoms with Gasteiger partial charge in [0.2, 0.25) is 11.8 Å². The number of nitrogens with one attached hydrogen (secondary N) is 1. The van der Waals surface area contributed by atoms with Crippen LogP contribution >= 0.6 is 0 Å². The highest BCUT2D eigenvalue weighted by Crippen LogP contribution is 2.35. The lowest BCUT2D eigenvalue weighted by Crippen LogP contribution is -2.42. The quantitative estimate of drug-likeness (QED) is 0.790. The van der Waals surface area contributed by atoms with E-state index in [-0.39, 0.29) is 18.9 Å². The van der Waals surface area contributed by atoms with Gasteiger partial charge in [0.15, 0.2) is 0 Å². The van der Waals surface area contributed by atoms with Crippen molar-refractivity contribution in [1.29, 1.82) is 0 Å². The van der Waals surface area contributed by atoms with E-state index in [4.69, 9.17) is 14.6 Å². The molecule has 1 saturated heterocycles. The summed E-state index contributed by atoms with van der Waals surface area (Å²) in [6, 6.07) is 4.04. The molecule has 8 nitrogen and oxygen atoms in total. The van der Waals surface area contributed by atoms with Crippen LogP contribution in [0.4, 0.5) is 5.69 Å². The van der Waals surface area contributed by atoms with Gasteiger partial charge in [-0.3, -0.25) is 14.4 Å². The second-order valence-corrected chi connectivity index (χ2v) is 5.51. The van der Waals surface area contributed by atoms with Crippen molar-refractivity contribution in [2.45, 2.75) is 19.4 Å². The van der Waals surface area contributed by atoms with Gasteiger partial charge in [-0.25, -0.2) is 0 Å². The van der Waals surface area contributed by atoms with Crippen molar-refractivity contribution >= 4 is 23.5 Å². The smallest absolute Gasteiger partial charge is 0.325 e. The zero-order chi connectivity index (χ0) is 17.9. The lowest BCUT2D eigenvalue weighted by atomic mass is 10.1. The van der Waals surface area contributed by atoms with E-state index in [1.54, 1.807) is 18.2 Å². The minimum atomic E-state index is -1.12. The molecular weight excluding hydrogens is 316 g/mol. The van der Waals surface area contributed by atoms with Gasteiger partial charge in [-0.15, -0.1) is 0 Å². The normalized spacial score (nSPS) is 18.2. The second kappa shape index (κ2) is 7.20. The molecule has 2 N–H and O–H groups in total. The van der Waals surface area contributed by atoms with Gasteiger partial charge in [0, 0.05) is 19.0 Å². The highest BCUT2D eigenvalue weighted by molar-refractivity contribution is 6.01. The maximum atomic E-state index is 12.3. The molecule has 2 amide bonds. The number of anilines is 1. The molecule has 0 unspecified atom stereocenters. The first-order valence-electron chi connectivity index (χ1n) is 7.43. The average molecular weight is 336 g/mol. The van der Waals surface area contributed by atoms with Crippen LogP contribution in [-0.4, -0.2) is 49.7 Å². The number of rotatable bonds is 6. The van der Waals surface area contributed by atoms with Crippen LogP contribution in [0.25, 0.3) is 0 Å². The Labute approximate surface area is 139 Å². The van der Waals surface area contributed by atoms with Crippen molar-refractivity contribution in [3.8, 4) is 11.5 Å². The van der Waals surface area contributed by atoms with E-state index in [9.17, 15) is 14.4 Å². The molecule has 1 aliphatic rings. The first-order valence-corrected chi connectivity index (χ1v) is 7.43. The van der Waals surface area contributed by atoms with Crippen LogP contribution in [0, 0.1) is 5.92 Å². The number of amides is 2. The summed E-state index contributed by atoms with van der Waals surface area (Å²) in [7, 11) is 3.01. The topological polar surface area (TPSA) is 105 Å². The van der Waals surface area contributed by atoms with Crippen molar-refractivity contribution in [2.75, 3.05) is 25.7 Å². The van der Waals surface area contributed by atoms with Gasteiger partial charge in [0.25, 0.3) is 0 Å². The third-order valence-electron chi connectivity index (χ3n) is 3.90. The van der Waals surface area contributed by atoms with Crippen molar-refractivity contribution in [1.82, 2.24) is 5.32 Å². The van der Waals surface area contributed by atoms with Crippen LogP contribution in [-0.2, 0) is 14.4 Å². The Balaban J connectivity index is 2.15. The number of ether oxygens (including phenoxy) is 2. The number of methoxy groups -OCH3 is 2. The fourth-order valence-corrected chi connectivity index (χ4v) is 2.52. The van der Waals surface area contributed by atoms with Gasteiger partial charge in [-0.05, 0) is 19.1 Å². The SMILES string of the molecule is COc1ccc(N2C[C@@H](C(=O)N[C@@H](C)C(=O)O)CC2=O)c(OC)c1. The Morgan fingerprint density at radius 2 is 2.04 bits per heavy atom. The number of benzene rings is 1. The fourth-order valence-electron chi connectivity index (χ4n) is 2.52. The van der Waals surface area contributed by atoms with E-state index < -0.39 is 23.8 Å². The van der Waals surface area contributed by atoms with E-state index in [0.717, 1.165) is 0 Å². The Morgan fingerprint density at radius 3 is 2.62 bits per heavy atom.